The standard InChI is InChI=1S/C7H8N2O/c1-4-2-5(10)3-6(8)7(4)9/h2,8-9H,3H2,1H3. The first-order valence-corrected chi connectivity index (χ1v) is 2.99. The summed E-state index contributed by atoms with van der Waals surface area (Å²) in [5.74, 6) is -0.0708. The highest BCUT2D eigenvalue weighted by Crippen LogP contribution is 2.07. The highest BCUT2D eigenvalue weighted by molar-refractivity contribution is 6.51. The van der Waals surface area contributed by atoms with E-state index in [-0.39, 0.29) is 23.6 Å². The van der Waals surface area contributed by atoms with E-state index in [1.807, 2.05) is 0 Å². The van der Waals surface area contributed by atoms with Crippen molar-refractivity contribution >= 4 is 17.2 Å². The third kappa shape index (κ3) is 1.03. The molecule has 52 valence electrons. The summed E-state index contributed by atoms with van der Waals surface area (Å²) in [6.07, 6.45) is 1.51. The van der Waals surface area contributed by atoms with Gasteiger partial charge in [-0.3, -0.25) is 10.2 Å². The first-order valence-electron chi connectivity index (χ1n) is 2.99. The van der Waals surface area contributed by atoms with Gasteiger partial charge in [-0.15, -0.1) is 0 Å². The number of hydrogen-bond acceptors (Lipinski definition) is 3. The lowest BCUT2D eigenvalue weighted by Crippen LogP contribution is -2.22. The first kappa shape index (κ1) is 6.86. The molecule has 0 saturated heterocycles. The van der Waals surface area contributed by atoms with Gasteiger partial charge in [0, 0.05) is 0 Å². The molecule has 0 bridgehead atoms. The van der Waals surface area contributed by atoms with Crippen LogP contribution in [0.2, 0.25) is 0 Å². The van der Waals surface area contributed by atoms with Crippen LogP contribution in [0.1, 0.15) is 13.3 Å². The van der Waals surface area contributed by atoms with Gasteiger partial charge in [-0.05, 0) is 18.6 Å². The van der Waals surface area contributed by atoms with Crippen molar-refractivity contribution < 1.29 is 4.79 Å². The Kier molecular flexibility index (Phi) is 1.49. The molecule has 1 rings (SSSR count). The number of allylic oxidation sites excluding steroid dienone is 2. The fourth-order valence-corrected chi connectivity index (χ4v) is 0.865. The summed E-state index contributed by atoms with van der Waals surface area (Å²) in [6.45, 7) is 1.67. The molecule has 0 fully saturated rings. The summed E-state index contributed by atoms with van der Waals surface area (Å²) in [6, 6.07) is 0. The number of rotatable bonds is 0. The molecule has 3 nitrogen and oxygen atoms in total. The maximum Gasteiger partial charge on any atom is 0.162 e. The normalized spacial score (nSPS) is 19.3. The van der Waals surface area contributed by atoms with Gasteiger partial charge in [0.15, 0.2) is 5.78 Å². The molecule has 0 aliphatic heterocycles. The minimum Gasteiger partial charge on any atom is -0.303 e. The molecule has 0 spiro atoms. The van der Waals surface area contributed by atoms with E-state index in [4.69, 9.17) is 10.8 Å². The van der Waals surface area contributed by atoms with Crippen LogP contribution >= 0.6 is 0 Å². The molecule has 0 saturated carbocycles. The summed E-state index contributed by atoms with van der Waals surface area (Å²) < 4.78 is 0. The zero-order chi connectivity index (χ0) is 7.72. The number of ketones is 1. The molecule has 0 amide bonds. The summed E-state index contributed by atoms with van der Waals surface area (Å²) in [5, 5.41) is 14.4. The average molecular weight is 136 g/mol. The highest BCUT2D eigenvalue weighted by Gasteiger charge is 2.16. The van der Waals surface area contributed by atoms with E-state index < -0.39 is 0 Å². The molecule has 0 aromatic rings. The largest absolute Gasteiger partial charge is 0.303 e. The molecule has 0 atom stereocenters. The molecule has 0 unspecified atom stereocenters. The molecular weight excluding hydrogens is 128 g/mol. The third-order valence-corrected chi connectivity index (χ3v) is 1.42. The summed E-state index contributed by atoms with van der Waals surface area (Å²) >= 11 is 0. The van der Waals surface area contributed by atoms with Gasteiger partial charge in [0.05, 0.1) is 17.8 Å². The van der Waals surface area contributed by atoms with Crippen molar-refractivity contribution in [3.8, 4) is 0 Å². The minimum absolute atomic E-state index is 0.0708. The Bertz CT molecular complexity index is 250. The monoisotopic (exact) mass is 136 g/mol. The molecule has 0 heterocycles. The zero-order valence-corrected chi connectivity index (χ0v) is 5.69. The maximum absolute atomic E-state index is 10.7. The van der Waals surface area contributed by atoms with Gasteiger partial charge in [-0.25, -0.2) is 0 Å². The number of carbonyl (C=O) groups is 1. The van der Waals surface area contributed by atoms with E-state index in [1.165, 1.54) is 6.08 Å². The fourth-order valence-electron chi connectivity index (χ4n) is 0.865. The van der Waals surface area contributed by atoms with Crippen LogP contribution in [0, 0.1) is 10.8 Å². The van der Waals surface area contributed by atoms with Gasteiger partial charge in [-0.1, -0.05) is 0 Å². The van der Waals surface area contributed by atoms with E-state index in [2.05, 4.69) is 0 Å². The van der Waals surface area contributed by atoms with E-state index in [0.29, 0.717) is 5.57 Å². The van der Waals surface area contributed by atoms with Crippen molar-refractivity contribution in [1.29, 1.82) is 10.8 Å². The van der Waals surface area contributed by atoms with Crippen LogP contribution in [-0.2, 0) is 4.79 Å². The smallest absolute Gasteiger partial charge is 0.162 e. The third-order valence-electron chi connectivity index (χ3n) is 1.42. The quantitative estimate of drug-likeness (QED) is 0.511. The molecule has 1 aliphatic carbocycles. The fraction of sp³-hybridized carbons (Fsp3) is 0.286. The molecule has 3 heteroatoms. The Labute approximate surface area is 58.8 Å². The lowest BCUT2D eigenvalue weighted by molar-refractivity contribution is -0.113. The van der Waals surface area contributed by atoms with Gasteiger partial charge in [0.2, 0.25) is 0 Å². The second-order valence-corrected chi connectivity index (χ2v) is 2.32. The zero-order valence-electron chi connectivity index (χ0n) is 5.69. The van der Waals surface area contributed by atoms with Gasteiger partial charge in [0.1, 0.15) is 0 Å². The maximum atomic E-state index is 10.7. The molecule has 1 aliphatic rings. The van der Waals surface area contributed by atoms with Crippen molar-refractivity contribution in [3.63, 3.8) is 0 Å². The van der Waals surface area contributed by atoms with Crippen LogP contribution < -0.4 is 0 Å². The number of nitrogens with one attached hydrogen (secondary N) is 2. The number of carbonyl (C=O) groups excluding carboxylic acids is 1. The predicted molar refractivity (Wildman–Crippen MR) is 38.8 cm³/mol. The summed E-state index contributed by atoms with van der Waals surface area (Å²) in [7, 11) is 0. The Morgan fingerprint density at radius 1 is 1.50 bits per heavy atom. The van der Waals surface area contributed by atoms with Crippen LogP contribution in [0.15, 0.2) is 11.6 Å². The van der Waals surface area contributed by atoms with E-state index in [9.17, 15) is 4.79 Å². The van der Waals surface area contributed by atoms with Crippen molar-refractivity contribution in [2.75, 3.05) is 0 Å². The van der Waals surface area contributed by atoms with Crippen LogP contribution in [0.4, 0.5) is 0 Å². The lowest BCUT2D eigenvalue weighted by Gasteiger charge is -2.09. The first-order chi connectivity index (χ1) is 4.61. The highest BCUT2D eigenvalue weighted by atomic mass is 16.1. The van der Waals surface area contributed by atoms with Crippen LogP contribution in [0.5, 0.6) is 0 Å². The Morgan fingerprint density at radius 2 is 2.10 bits per heavy atom. The molecule has 0 aromatic heterocycles. The lowest BCUT2D eigenvalue weighted by atomic mass is 9.96. The Morgan fingerprint density at radius 3 is 2.60 bits per heavy atom. The van der Waals surface area contributed by atoms with Gasteiger partial charge < -0.3 is 5.41 Å². The van der Waals surface area contributed by atoms with Crippen LogP contribution in [0.3, 0.4) is 0 Å². The topological polar surface area (TPSA) is 64.8 Å². The van der Waals surface area contributed by atoms with E-state index in [0.717, 1.165) is 0 Å². The molecule has 10 heavy (non-hydrogen) atoms. The molecule has 2 N–H and O–H groups in total. The van der Waals surface area contributed by atoms with Crippen LogP contribution in [-0.4, -0.2) is 17.2 Å². The van der Waals surface area contributed by atoms with Crippen molar-refractivity contribution in [2.45, 2.75) is 13.3 Å². The molecular formula is C7H8N2O. The van der Waals surface area contributed by atoms with Crippen molar-refractivity contribution in [3.05, 3.63) is 11.6 Å². The van der Waals surface area contributed by atoms with E-state index >= 15 is 0 Å². The van der Waals surface area contributed by atoms with Crippen molar-refractivity contribution in [2.24, 2.45) is 0 Å². The summed E-state index contributed by atoms with van der Waals surface area (Å²) in [5.41, 5.74) is 0.922. The molecule has 0 radical (unpaired) electrons. The molecule has 0 aromatic carbocycles. The van der Waals surface area contributed by atoms with Gasteiger partial charge >= 0.3 is 0 Å². The van der Waals surface area contributed by atoms with Gasteiger partial charge in [0.25, 0.3) is 0 Å². The Balaban J connectivity index is 3.03. The second-order valence-electron chi connectivity index (χ2n) is 2.32. The van der Waals surface area contributed by atoms with E-state index in [1.54, 1.807) is 6.92 Å². The Hall–Kier alpha value is -1.25. The van der Waals surface area contributed by atoms with Gasteiger partial charge in [-0.2, -0.15) is 0 Å². The number of hydrogen-bond donors (Lipinski definition) is 2. The van der Waals surface area contributed by atoms with Crippen LogP contribution in [0.25, 0.3) is 0 Å². The average Bonchev–Trinajstić information content (AvgIpc) is 1.82. The second kappa shape index (κ2) is 2.17. The SMILES string of the molecule is CC1=CC(=O)CC(=N)C1=N. The summed E-state index contributed by atoms with van der Waals surface area (Å²) in [4.78, 5) is 10.7. The predicted octanol–water partition coefficient (Wildman–Crippen LogP) is 0.945. The minimum atomic E-state index is -0.0708. The van der Waals surface area contributed by atoms with Crippen molar-refractivity contribution in [1.82, 2.24) is 0 Å².